The summed E-state index contributed by atoms with van der Waals surface area (Å²) in [6, 6.07) is 7.64. The lowest BCUT2D eigenvalue weighted by Gasteiger charge is -2.56. The van der Waals surface area contributed by atoms with Gasteiger partial charge < -0.3 is 24.6 Å². The minimum absolute atomic E-state index is 0.0220. The number of benzene rings is 1. The Balaban J connectivity index is 2.05. The monoisotopic (exact) mass is 363 g/mol. The largest absolute Gasteiger partial charge is 0.467 e. The fourth-order valence-corrected chi connectivity index (χ4v) is 4.14. The molecule has 0 aliphatic carbocycles. The minimum Gasteiger partial charge on any atom is -0.467 e. The summed E-state index contributed by atoms with van der Waals surface area (Å²) in [5.41, 5.74) is 0.135. The van der Waals surface area contributed by atoms with Gasteiger partial charge in [-0.1, -0.05) is 18.2 Å². The number of thiocarbonyl (C=S) groups is 1. The molecule has 0 unspecified atom stereocenters. The van der Waals surface area contributed by atoms with Gasteiger partial charge >= 0.3 is 0 Å². The predicted octanol–water partition coefficient (Wildman–Crippen LogP) is 1.77. The van der Waals surface area contributed by atoms with E-state index in [1.807, 2.05) is 36.1 Å². The third kappa shape index (κ3) is 2.95. The molecule has 1 aromatic carbocycles. The number of amides is 1. The number of ether oxygens (including phenoxy) is 2. The van der Waals surface area contributed by atoms with E-state index in [0.29, 0.717) is 18.3 Å². The van der Waals surface area contributed by atoms with Crippen molar-refractivity contribution in [2.45, 2.75) is 25.1 Å². The predicted molar refractivity (Wildman–Crippen MR) is 99.3 cm³/mol. The Bertz CT molecular complexity index is 681. The summed E-state index contributed by atoms with van der Waals surface area (Å²) in [6.07, 6.45) is 0.798. The van der Waals surface area contributed by atoms with Crippen LogP contribution in [0.1, 0.15) is 24.9 Å². The van der Waals surface area contributed by atoms with Crippen LogP contribution in [0.5, 0.6) is 5.75 Å². The number of carbonyl (C=O) groups is 1. The number of nitrogens with one attached hydrogen (secondary N) is 1. The van der Waals surface area contributed by atoms with Crippen molar-refractivity contribution in [3.63, 3.8) is 0 Å². The van der Waals surface area contributed by atoms with Gasteiger partial charge in [0.2, 0.25) is 5.91 Å². The zero-order chi connectivity index (χ0) is 18.2. The summed E-state index contributed by atoms with van der Waals surface area (Å²) < 4.78 is 11.6. The van der Waals surface area contributed by atoms with Gasteiger partial charge in [0.05, 0.1) is 6.04 Å². The van der Waals surface area contributed by atoms with Crippen molar-refractivity contribution in [1.82, 2.24) is 15.1 Å². The second kappa shape index (κ2) is 6.80. The van der Waals surface area contributed by atoms with Gasteiger partial charge in [-0.15, -0.1) is 0 Å². The first-order valence-corrected chi connectivity index (χ1v) is 8.87. The molecule has 1 amide bonds. The van der Waals surface area contributed by atoms with Crippen molar-refractivity contribution in [3.05, 3.63) is 29.8 Å². The van der Waals surface area contributed by atoms with Gasteiger partial charge in [0.25, 0.3) is 0 Å². The van der Waals surface area contributed by atoms with Gasteiger partial charge in [-0.3, -0.25) is 4.79 Å². The number of carbonyl (C=O) groups excluding carboxylic acids is 1. The van der Waals surface area contributed by atoms with E-state index in [1.54, 1.807) is 26.1 Å². The van der Waals surface area contributed by atoms with Gasteiger partial charge in [-0.25, -0.2) is 0 Å². The van der Waals surface area contributed by atoms with Crippen LogP contribution in [-0.4, -0.2) is 60.9 Å². The molecular formula is C18H25N3O3S. The third-order valence-corrected chi connectivity index (χ3v) is 5.32. The van der Waals surface area contributed by atoms with Crippen molar-refractivity contribution >= 4 is 23.2 Å². The number of rotatable bonds is 5. The lowest BCUT2D eigenvalue weighted by Crippen LogP contribution is -2.72. The molecule has 6 nitrogen and oxygen atoms in total. The second-order valence-electron chi connectivity index (χ2n) is 6.83. The SMILES string of the molecule is COCCCN1C(=S)N[C@H]2c3ccccc3O[C@]1(C)[C@@H]2C(=O)N(C)C. The van der Waals surface area contributed by atoms with Crippen LogP contribution in [-0.2, 0) is 9.53 Å². The Labute approximate surface area is 154 Å². The molecule has 1 aromatic rings. The molecule has 2 bridgehead atoms. The molecule has 3 rings (SSSR count). The van der Waals surface area contributed by atoms with E-state index < -0.39 is 11.6 Å². The summed E-state index contributed by atoms with van der Waals surface area (Å²) in [6.45, 7) is 3.24. The van der Waals surface area contributed by atoms with Gasteiger partial charge in [0.1, 0.15) is 11.7 Å². The van der Waals surface area contributed by atoms with Crippen molar-refractivity contribution in [1.29, 1.82) is 0 Å². The second-order valence-corrected chi connectivity index (χ2v) is 7.22. The standard InChI is InChI=1S/C18H25N3O3S/c1-18-14(16(22)20(2)3)15(12-8-5-6-9-13(12)24-18)19-17(25)21(18)10-7-11-23-4/h5-6,8-9,14-15H,7,10-11H2,1-4H3,(H,19,25)/t14-,15-,18+/m0/s1. The molecule has 3 atom stereocenters. The maximum atomic E-state index is 13.0. The Morgan fingerprint density at radius 3 is 2.84 bits per heavy atom. The number of hydrogen-bond acceptors (Lipinski definition) is 4. The first-order valence-electron chi connectivity index (χ1n) is 8.46. The maximum Gasteiger partial charge on any atom is 0.233 e. The van der Waals surface area contributed by atoms with Crippen LogP contribution in [0.15, 0.2) is 24.3 Å². The molecule has 0 radical (unpaired) electrons. The quantitative estimate of drug-likeness (QED) is 0.636. The molecule has 0 spiro atoms. The smallest absolute Gasteiger partial charge is 0.233 e. The fraction of sp³-hybridized carbons (Fsp3) is 0.556. The van der Waals surface area contributed by atoms with E-state index >= 15 is 0 Å². The Morgan fingerprint density at radius 2 is 2.16 bits per heavy atom. The fourth-order valence-electron chi connectivity index (χ4n) is 3.74. The van der Waals surface area contributed by atoms with E-state index in [9.17, 15) is 4.79 Å². The van der Waals surface area contributed by atoms with Crippen LogP contribution < -0.4 is 10.1 Å². The Kier molecular flexibility index (Phi) is 4.88. The number of methoxy groups -OCH3 is 1. The normalized spacial score (nSPS) is 27.2. The molecule has 1 saturated heterocycles. The molecule has 7 heteroatoms. The van der Waals surface area contributed by atoms with E-state index in [4.69, 9.17) is 21.7 Å². The topological polar surface area (TPSA) is 54.0 Å². The number of nitrogens with zero attached hydrogens (tertiary/aromatic N) is 2. The molecule has 25 heavy (non-hydrogen) atoms. The first-order chi connectivity index (χ1) is 11.9. The van der Waals surface area contributed by atoms with E-state index in [1.165, 1.54) is 0 Å². The highest BCUT2D eigenvalue weighted by molar-refractivity contribution is 7.80. The zero-order valence-corrected chi connectivity index (χ0v) is 15.9. The molecule has 0 aromatic heterocycles. The van der Waals surface area contributed by atoms with Crippen LogP contribution in [0.25, 0.3) is 0 Å². The van der Waals surface area contributed by atoms with Crippen molar-refractivity contribution < 1.29 is 14.3 Å². The number of fused-ring (bicyclic) bond motifs is 4. The molecule has 0 saturated carbocycles. The summed E-state index contributed by atoms with van der Waals surface area (Å²) in [5, 5.41) is 3.99. The van der Waals surface area contributed by atoms with E-state index in [2.05, 4.69) is 5.32 Å². The van der Waals surface area contributed by atoms with Crippen LogP contribution in [0.2, 0.25) is 0 Å². The van der Waals surface area contributed by atoms with E-state index in [0.717, 1.165) is 17.7 Å². The van der Waals surface area contributed by atoms with E-state index in [-0.39, 0.29) is 11.9 Å². The Morgan fingerprint density at radius 1 is 1.44 bits per heavy atom. The molecular weight excluding hydrogens is 338 g/mol. The summed E-state index contributed by atoms with van der Waals surface area (Å²) in [4.78, 5) is 16.6. The van der Waals surface area contributed by atoms with Crippen LogP contribution in [0.3, 0.4) is 0 Å². The highest BCUT2D eigenvalue weighted by Gasteiger charge is 2.58. The molecule has 1 N–H and O–H groups in total. The molecule has 2 aliphatic heterocycles. The lowest BCUT2D eigenvalue weighted by molar-refractivity contribution is -0.161. The highest BCUT2D eigenvalue weighted by Crippen LogP contribution is 2.48. The highest BCUT2D eigenvalue weighted by atomic mass is 32.1. The number of hydrogen-bond donors (Lipinski definition) is 1. The number of para-hydroxylation sites is 1. The molecule has 136 valence electrons. The average Bonchev–Trinajstić information content (AvgIpc) is 2.57. The third-order valence-electron chi connectivity index (χ3n) is 4.98. The Hall–Kier alpha value is -1.86. The first kappa shape index (κ1) is 17.9. The summed E-state index contributed by atoms with van der Waals surface area (Å²) in [7, 11) is 5.22. The maximum absolute atomic E-state index is 13.0. The average molecular weight is 363 g/mol. The summed E-state index contributed by atoms with van der Waals surface area (Å²) in [5.74, 6) is 0.421. The summed E-state index contributed by atoms with van der Waals surface area (Å²) >= 11 is 5.61. The van der Waals surface area contributed by atoms with Gasteiger partial charge in [0.15, 0.2) is 10.8 Å². The molecule has 1 fully saturated rings. The van der Waals surface area contributed by atoms with Gasteiger partial charge in [0, 0.05) is 39.9 Å². The lowest BCUT2D eigenvalue weighted by atomic mass is 9.78. The van der Waals surface area contributed by atoms with Crippen molar-refractivity contribution in [2.24, 2.45) is 5.92 Å². The minimum atomic E-state index is -0.837. The molecule has 2 aliphatic rings. The van der Waals surface area contributed by atoms with Crippen molar-refractivity contribution in [2.75, 3.05) is 34.4 Å². The molecule has 2 heterocycles. The zero-order valence-electron chi connectivity index (χ0n) is 15.1. The van der Waals surface area contributed by atoms with Crippen molar-refractivity contribution in [3.8, 4) is 5.75 Å². The van der Waals surface area contributed by atoms with Crippen LogP contribution >= 0.6 is 12.2 Å². The van der Waals surface area contributed by atoms with Gasteiger partial charge in [-0.2, -0.15) is 0 Å². The van der Waals surface area contributed by atoms with Crippen LogP contribution in [0.4, 0.5) is 0 Å². The van der Waals surface area contributed by atoms with Gasteiger partial charge in [-0.05, 0) is 31.6 Å². The van der Waals surface area contributed by atoms with Crippen LogP contribution in [0, 0.1) is 5.92 Å².